The van der Waals surface area contributed by atoms with E-state index in [9.17, 15) is 4.39 Å². The molecule has 0 fully saturated rings. The summed E-state index contributed by atoms with van der Waals surface area (Å²) in [6.45, 7) is 2.30. The second kappa shape index (κ2) is 7.41. The van der Waals surface area contributed by atoms with E-state index in [1.807, 2.05) is 49.4 Å². The summed E-state index contributed by atoms with van der Waals surface area (Å²) in [4.78, 5) is 7.77. The van der Waals surface area contributed by atoms with Crippen LogP contribution in [-0.2, 0) is 6.61 Å². The van der Waals surface area contributed by atoms with Gasteiger partial charge in [0.1, 0.15) is 6.61 Å². The van der Waals surface area contributed by atoms with Gasteiger partial charge in [-0.2, -0.15) is 4.98 Å². The number of aryl methyl sites for hydroxylation is 1. The molecule has 0 unspecified atom stereocenters. The third kappa shape index (κ3) is 4.19. The molecule has 0 saturated heterocycles. The maximum absolute atomic E-state index is 13.7. The SMILES string of the molecule is Cc1ccc(COc2ncc(F)c(/N=N/c3ccccc3)n2)cc1. The van der Waals surface area contributed by atoms with Gasteiger partial charge in [0.15, 0.2) is 5.82 Å². The van der Waals surface area contributed by atoms with Crippen molar-refractivity contribution in [2.24, 2.45) is 10.2 Å². The van der Waals surface area contributed by atoms with Gasteiger partial charge in [-0.3, -0.25) is 0 Å². The molecule has 0 aliphatic rings. The second-order valence-electron chi connectivity index (χ2n) is 5.13. The van der Waals surface area contributed by atoms with E-state index in [2.05, 4.69) is 20.2 Å². The zero-order chi connectivity index (χ0) is 16.8. The summed E-state index contributed by atoms with van der Waals surface area (Å²) in [6, 6.07) is 17.0. The molecular weight excluding hydrogens is 307 g/mol. The number of ether oxygens (including phenoxy) is 1. The van der Waals surface area contributed by atoms with Crippen molar-refractivity contribution in [1.82, 2.24) is 9.97 Å². The normalized spacial score (nSPS) is 10.9. The van der Waals surface area contributed by atoms with E-state index in [0.29, 0.717) is 12.3 Å². The van der Waals surface area contributed by atoms with Gasteiger partial charge in [0.2, 0.25) is 5.82 Å². The first kappa shape index (κ1) is 15.7. The largest absolute Gasteiger partial charge is 0.459 e. The van der Waals surface area contributed by atoms with Crippen LogP contribution in [0.15, 0.2) is 71.0 Å². The standard InChI is InChI=1S/C18H15FN4O/c1-13-7-9-14(10-8-13)12-24-18-20-11-16(19)17(21-18)23-22-15-5-3-2-4-6-15/h2-11H,12H2,1H3/b23-22+. The van der Waals surface area contributed by atoms with Crippen molar-refractivity contribution in [2.75, 3.05) is 0 Å². The molecule has 3 aromatic rings. The van der Waals surface area contributed by atoms with E-state index in [-0.39, 0.29) is 11.8 Å². The minimum Gasteiger partial charge on any atom is -0.459 e. The van der Waals surface area contributed by atoms with E-state index < -0.39 is 5.82 Å². The average molecular weight is 322 g/mol. The fourth-order valence-corrected chi connectivity index (χ4v) is 1.91. The van der Waals surface area contributed by atoms with Crippen LogP contribution in [0.1, 0.15) is 11.1 Å². The molecule has 0 amide bonds. The van der Waals surface area contributed by atoms with Crippen molar-refractivity contribution in [3.63, 3.8) is 0 Å². The van der Waals surface area contributed by atoms with E-state index in [4.69, 9.17) is 4.74 Å². The number of hydrogen-bond donors (Lipinski definition) is 0. The zero-order valence-electron chi connectivity index (χ0n) is 13.1. The summed E-state index contributed by atoms with van der Waals surface area (Å²) in [5.74, 6) is -0.815. The van der Waals surface area contributed by atoms with Gasteiger partial charge in [-0.1, -0.05) is 48.0 Å². The Hall–Kier alpha value is -3.15. The Labute approximate surface area is 138 Å². The van der Waals surface area contributed by atoms with Gasteiger partial charge in [0, 0.05) is 0 Å². The highest BCUT2D eigenvalue weighted by Gasteiger charge is 2.07. The van der Waals surface area contributed by atoms with Gasteiger partial charge in [-0.15, -0.1) is 10.2 Å². The lowest BCUT2D eigenvalue weighted by Gasteiger charge is -2.05. The van der Waals surface area contributed by atoms with Gasteiger partial charge in [-0.05, 0) is 24.6 Å². The Morgan fingerprint density at radius 2 is 1.75 bits per heavy atom. The van der Waals surface area contributed by atoms with Crippen LogP contribution in [0.2, 0.25) is 0 Å². The maximum atomic E-state index is 13.7. The van der Waals surface area contributed by atoms with Gasteiger partial charge >= 0.3 is 6.01 Å². The molecule has 0 aliphatic heterocycles. The average Bonchev–Trinajstić information content (AvgIpc) is 2.62. The minimum absolute atomic E-state index is 0.0546. The summed E-state index contributed by atoms with van der Waals surface area (Å²) in [7, 11) is 0. The highest BCUT2D eigenvalue weighted by atomic mass is 19.1. The van der Waals surface area contributed by atoms with Crippen molar-refractivity contribution in [1.29, 1.82) is 0 Å². The first-order valence-electron chi connectivity index (χ1n) is 7.38. The summed E-state index contributed by atoms with van der Waals surface area (Å²) in [6.07, 6.45) is 1.02. The molecule has 120 valence electrons. The molecule has 2 aromatic carbocycles. The number of aromatic nitrogens is 2. The van der Waals surface area contributed by atoms with Crippen LogP contribution >= 0.6 is 0 Å². The lowest BCUT2D eigenvalue weighted by Crippen LogP contribution is -2.00. The fraction of sp³-hybridized carbons (Fsp3) is 0.111. The molecule has 3 rings (SSSR count). The molecule has 0 spiro atoms. The zero-order valence-corrected chi connectivity index (χ0v) is 13.1. The highest BCUT2D eigenvalue weighted by Crippen LogP contribution is 2.20. The van der Waals surface area contributed by atoms with Crippen molar-refractivity contribution >= 4 is 11.5 Å². The monoisotopic (exact) mass is 322 g/mol. The van der Waals surface area contributed by atoms with Crippen LogP contribution in [0, 0.1) is 12.7 Å². The molecule has 0 aliphatic carbocycles. The van der Waals surface area contributed by atoms with Gasteiger partial charge in [-0.25, -0.2) is 9.37 Å². The van der Waals surface area contributed by atoms with Crippen molar-refractivity contribution in [2.45, 2.75) is 13.5 Å². The second-order valence-corrected chi connectivity index (χ2v) is 5.13. The topological polar surface area (TPSA) is 59.7 Å². The Balaban J connectivity index is 1.71. The maximum Gasteiger partial charge on any atom is 0.318 e. The number of halogens is 1. The third-order valence-electron chi connectivity index (χ3n) is 3.21. The van der Waals surface area contributed by atoms with Gasteiger partial charge < -0.3 is 4.74 Å². The van der Waals surface area contributed by atoms with Crippen molar-refractivity contribution in [3.8, 4) is 6.01 Å². The number of azo groups is 1. The summed E-state index contributed by atoms with van der Waals surface area (Å²) in [5, 5.41) is 7.77. The predicted molar refractivity (Wildman–Crippen MR) is 88.1 cm³/mol. The quantitative estimate of drug-likeness (QED) is 0.626. The molecule has 0 saturated carbocycles. The summed E-state index contributed by atoms with van der Waals surface area (Å²) in [5.41, 5.74) is 2.75. The van der Waals surface area contributed by atoms with Crippen molar-refractivity contribution < 1.29 is 9.13 Å². The summed E-state index contributed by atoms with van der Waals surface area (Å²) >= 11 is 0. The molecule has 0 atom stereocenters. The molecule has 6 heteroatoms. The Kier molecular flexibility index (Phi) is 4.86. The predicted octanol–water partition coefficient (Wildman–Crippen LogP) is 4.92. The van der Waals surface area contributed by atoms with Crippen LogP contribution in [0.5, 0.6) is 6.01 Å². The fourth-order valence-electron chi connectivity index (χ4n) is 1.91. The molecule has 0 bridgehead atoms. The first-order valence-corrected chi connectivity index (χ1v) is 7.38. The first-order chi connectivity index (χ1) is 11.7. The molecule has 0 N–H and O–H groups in total. The molecular formula is C18H15FN4O. The number of rotatable bonds is 5. The van der Waals surface area contributed by atoms with E-state index in [1.165, 1.54) is 5.56 Å². The highest BCUT2D eigenvalue weighted by molar-refractivity contribution is 5.36. The third-order valence-corrected chi connectivity index (χ3v) is 3.21. The Bertz CT molecular complexity index is 835. The van der Waals surface area contributed by atoms with Crippen LogP contribution in [0.25, 0.3) is 0 Å². The van der Waals surface area contributed by atoms with E-state index >= 15 is 0 Å². The molecule has 24 heavy (non-hydrogen) atoms. The smallest absolute Gasteiger partial charge is 0.318 e. The Morgan fingerprint density at radius 1 is 1.00 bits per heavy atom. The molecule has 1 aromatic heterocycles. The summed E-state index contributed by atoms with van der Waals surface area (Å²) < 4.78 is 19.2. The van der Waals surface area contributed by atoms with Crippen LogP contribution in [0.4, 0.5) is 15.9 Å². The van der Waals surface area contributed by atoms with Gasteiger partial charge in [0.25, 0.3) is 0 Å². The molecule has 5 nitrogen and oxygen atoms in total. The molecule has 1 heterocycles. The van der Waals surface area contributed by atoms with E-state index in [0.717, 1.165) is 11.8 Å². The minimum atomic E-state index is -0.655. The Morgan fingerprint density at radius 3 is 2.50 bits per heavy atom. The lowest BCUT2D eigenvalue weighted by atomic mass is 10.2. The number of hydrogen-bond acceptors (Lipinski definition) is 5. The van der Waals surface area contributed by atoms with Crippen LogP contribution < -0.4 is 4.74 Å². The number of benzene rings is 2. The van der Waals surface area contributed by atoms with Crippen LogP contribution in [0.3, 0.4) is 0 Å². The van der Waals surface area contributed by atoms with Gasteiger partial charge in [0.05, 0.1) is 11.9 Å². The van der Waals surface area contributed by atoms with Crippen molar-refractivity contribution in [3.05, 3.63) is 77.7 Å². The number of nitrogens with zero attached hydrogens (tertiary/aromatic N) is 4. The van der Waals surface area contributed by atoms with Crippen LogP contribution in [-0.4, -0.2) is 9.97 Å². The molecule has 0 radical (unpaired) electrons. The van der Waals surface area contributed by atoms with E-state index in [1.54, 1.807) is 12.1 Å². The lowest BCUT2D eigenvalue weighted by molar-refractivity contribution is 0.279.